The number of hydrogen-bond acceptors (Lipinski definition) is 4. The van der Waals surface area contributed by atoms with Crippen LogP contribution in [-0.2, 0) is 22.5 Å². The van der Waals surface area contributed by atoms with Crippen LogP contribution >= 0.6 is 11.6 Å². The highest BCUT2D eigenvalue weighted by atomic mass is 35.5. The quantitative estimate of drug-likeness (QED) is 0.410. The third-order valence-corrected chi connectivity index (χ3v) is 6.48. The molecule has 0 spiro atoms. The first-order chi connectivity index (χ1) is 16.9. The van der Waals surface area contributed by atoms with Gasteiger partial charge in [-0.15, -0.1) is 0 Å². The van der Waals surface area contributed by atoms with Crippen molar-refractivity contribution in [2.24, 2.45) is 0 Å². The highest BCUT2D eigenvalue weighted by Crippen LogP contribution is 2.32. The van der Waals surface area contributed by atoms with Gasteiger partial charge in [-0.05, 0) is 54.7 Å². The Labute approximate surface area is 209 Å². The van der Waals surface area contributed by atoms with E-state index in [2.05, 4.69) is 5.32 Å². The number of nitrogens with one attached hydrogen (secondary N) is 1. The molecule has 2 N–H and O–H groups in total. The summed E-state index contributed by atoms with van der Waals surface area (Å²) in [5, 5.41) is 13.0. The largest absolute Gasteiger partial charge is 0.494 e. The topological polar surface area (TPSA) is 84.9 Å². The minimum atomic E-state index is -1.21. The Bertz CT molecular complexity index is 1210. The summed E-state index contributed by atoms with van der Waals surface area (Å²) in [6.45, 7) is 3.00. The fourth-order valence-electron chi connectivity index (χ4n) is 4.37. The molecule has 1 saturated heterocycles. The molecule has 0 saturated carbocycles. The van der Waals surface area contributed by atoms with E-state index in [-0.39, 0.29) is 18.9 Å². The van der Waals surface area contributed by atoms with Gasteiger partial charge in [-0.25, -0.2) is 4.79 Å². The fraction of sp³-hybridized carbons (Fsp3) is 0.286. The molecule has 1 amide bonds. The Balaban J connectivity index is 1.50. The number of rotatable bonds is 9. The maximum atomic E-state index is 12.9. The number of halogens is 1. The number of carbonyl (C=O) groups is 2. The predicted molar refractivity (Wildman–Crippen MR) is 135 cm³/mol. The number of benzene rings is 3. The number of aliphatic carboxylic acids is 1. The first kappa shape index (κ1) is 24.8. The average molecular weight is 494 g/mol. The SMILES string of the molecule is CCOc1ccc(CC2(C(=O)O)CCCO2)cc1CNC(=O)c1ccc(-c2ccccc2)cc1Cl. The second kappa shape index (κ2) is 10.9. The molecule has 182 valence electrons. The van der Waals surface area contributed by atoms with Gasteiger partial charge in [0.1, 0.15) is 5.75 Å². The number of carbonyl (C=O) groups excluding carboxylic acids is 1. The van der Waals surface area contributed by atoms with Gasteiger partial charge in [-0.2, -0.15) is 0 Å². The Kier molecular flexibility index (Phi) is 7.73. The molecule has 1 unspecified atom stereocenters. The van der Waals surface area contributed by atoms with Crippen LogP contribution in [0, 0.1) is 0 Å². The predicted octanol–water partition coefficient (Wildman–Crippen LogP) is 5.51. The molecular weight excluding hydrogens is 466 g/mol. The molecule has 0 radical (unpaired) electrons. The van der Waals surface area contributed by atoms with E-state index in [1.54, 1.807) is 12.1 Å². The lowest BCUT2D eigenvalue weighted by atomic mass is 9.91. The summed E-state index contributed by atoms with van der Waals surface area (Å²) in [7, 11) is 0. The number of ether oxygens (including phenoxy) is 2. The molecule has 0 bridgehead atoms. The van der Waals surface area contributed by atoms with Crippen LogP contribution in [0.2, 0.25) is 5.02 Å². The minimum Gasteiger partial charge on any atom is -0.494 e. The smallest absolute Gasteiger partial charge is 0.336 e. The molecule has 1 aliphatic heterocycles. The lowest BCUT2D eigenvalue weighted by molar-refractivity contribution is -0.159. The summed E-state index contributed by atoms with van der Waals surface area (Å²) in [5.74, 6) is -0.616. The van der Waals surface area contributed by atoms with Crippen LogP contribution < -0.4 is 10.1 Å². The molecule has 1 heterocycles. The van der Waals surface area contributed by atoms with Crippen LogP contribution in [0.25, 0.3) is 11.1 Å². The summed E-state index contributed by atoms with van der Waals surface area (Å²) >= 11 is 6.45. The van der Waals surface area contributed by atoms with Gasteiger partial charge in [0, 0.05) is 25.1 Å². The lowest BCUT2D eigenvalue weighted by Crippen LogP contribution is -2.40. The van der Waals surface area contributed by atoms with E-state index in [0.717, 1.165) is 28.7 Å². The highest BCUT2D eigenvalue weighted by Gasteiger charge is 2.43. The summed E-state index contributed by atoms with van der Waals surface area (Å²) < 4.78 is 11.4. The Morgan fingerprint density at radius 3 is 2.54 bits per heavy atom. The van der Waals surface area contributed by atoms with Crippen molar-refractivity contribution in [1.82, 2.24) is 5.32 Å². The standard InChI is InChI=1S/C28H28ClNO5/c1-2-34-25-12-9-19(17-28(27(32)33)13-6-14-35-28)15-22(25)18-30-26(31)23-11-10-21(16-24(23)29)20-7-4-3-5-8-20/h3-5,7-12,15-16H,2,6,13-14,17-18H2,1H3,(H,30,31)(H,32,33). The maximum Gasteiger partial charge on any atom is 0.336 e. The Morgan fingerprint density at radius 1 is 1.09 bits per heavy atom. The van der Waals surface area contributed by atoms with E-state index in [1.165, 1.54) is 0 Å². The van der Waals surface area contributed by atoms with Crippen molar-refractivity contribution in [3.63, 3.8) is 0 Å². The van der Waals surface area contributed by atoms with Gasteiger partial charge in [-0.1, -0.05) is 60.1 Å². The van der Waals surface area contributed by atoms with Crippen molar-refractivity contribution >= 4 is 23.5 Å². The molecule has 1 fully saturated rings. The van der Waals surface area contributed by atoms with Crippen molar-refractivity contribution < 1.29 is 24.2 Å². The molecule has 0 aromatic heterocycles. The van der Waals surface area contributed by atoms with Gasteiger partial charge in [-0.3, -0.25) is 4.79 Å². The van der Waals surface area contributed by atoms with Crippen molar-refractivity contribution in [2.75, 3.05) is 13.2 Å². The molecule has 3 aromatic rings. The van der Waals surface area contributed by atoms with Gasteiger partial charge < -0.3 is 19.9 Å². The molecule has 4 rings (SSSR count). The van der Waals surface area contributed by atoms with Crippen LogP contribution in [0.15, 0.2) is 66.7 Å². The molecule has 1 atom stereocenters. The average Bonchev–Trinajstić information content (AvgIpc) is 3.34. The van der Waals surface area contributed by atoms with Crippen LogP contribution in [0.3, 0.4) is 0 Å². The van der Waals surface area contributed by atoms with E-state index in [4.69, 9.17) is 21.1 Å². The third kappa shape index (κ3) is 5.66. The van der Waals surface area contributed by atoms with Crippen molar-refractivity contribution in [3.05, 3.63) is 88.4 Å². The van der Waals surface area contributed by atoms with E-state index >= 15 is 0 Å². The molecule has 1 aliphatic rings. The number of hydrogen-bond donors (Lipinski definition) is 2. The minimum absolute atomic E-state index is 0.208. The van der Waals surface area contributed by atoms with Crippen molar-refractivity contribution in [2.45, 2.75) is 38.3 Å². The fourth-order valence-corrected chi connectivity index (χ4v) is 4.63. The van der Waals surface area contributed by atoms with Crippen LogP contribution in [0.5, 0.6) is 5.75 Å². The zero-order chi connectivity index (χ0) is 24.8. The summed E-state index contributed by atoms with van der Waals surface area (Å²) in [4.78, 5) is 24.8. The maximum absolute atomic E-state index is 12.9. The zero-order valence-corrected chi connectivity index (χ0v) is 20.3. The lowest BCUT2D eigenvalue weighted by Gasteiger charge is -2.24. The summed E-state index contributed by atoms with van der Waals surface area (Å²) in [5.41, 5.74) is 2.69. The first-order valence-corrected chi connectivity index (χ1v) is 12.0. The van der Waals surface area contributed by atoms with Crippen LogP contribution in [-0.4, -0.2) is 35.8 Å². The van der Waals surface area contributed by atoms with Crippen molar-refractivity contribution in [3.8, 4) is 16.9 Å². The normalized spacial score (nSPS) is 17.2. The van der Waals surface area contributed by atoms with Gasteiger partial charge >= 0.3 is 5.97 Å². The van der Waals surface area contributed by atoms with Crippen LogP contribution in [0.4, 0.5) is 0 Å². The van der Waals surface area contributed by atoms with Gasteiger partial charge in [0.15, 0.2) is 5.60 Å². The number of carboxylic acid groups (broad SMARTS) is 1. The Hall–Kier alpha value is -3.35. The van der Waals surface area contributed by atoms with Gasteiger partial charge in [0.25, 0.3) is 5.91 Å². The molecule has 35 heavy (non-hydrogen) atoms. The third-order valence-electron chi connectivity index (χ3n) is 6.17. The second-order valence-electron chi connectivity index (χ2n) is 8.55. The summed E-state index contributed by atoms with van der Waals surface area (Å²) in [6.07, 6.45) is 1.44. The van der Waals surface area contributed by atoms with Crippen LogP contribution in [0.1, 0.15) is 41.3 Å². The highest BCUT2D eigenvalue weighted by molar-refractivity contribution is 6.34. The Morgan fingerprint density at radius 2 is 1.89 bits per heavy atom. The van der Waals surface area contributed by atoms with E-state index in [0.29, 0.717) is 36.0 Å². The molecule has 0 aliphatic carbocycles. The molecule has 7 heteroatoms. The zero-order valence-electron chi connectivity index (χ0n) is 19.6. The van der Waals surface area contributed by atoms with Crippen molar-refractivity contribution in [1.29, 1.82) is 0 Å². The number of amides is 1. The van der Waals surface area contributed by atoms with E-state index < -0.39 is 11.6 Å². The first-order valence-electron chi connectivity index (χ1n) is 11.7. The second-order valence-corrected chi connectivity index (χ2v) is 8.95. The number of carboxylic acids is 1. The molecule has 3 aromatic carbocycles. The van der Waals surface area contributed by atoms with Gasteiger partial charge in [0.2, 0.25) is 0 Å². The van der Waals surface area contributed by atoms with E-state index in [9.17, 15) is 14.7 Å². The molecular formula is C28H28ClNO5. The summed E-state index contributed by atoms with van der Waals surface area (Å²) in [6, 6.07) is 20.7. The van der Waals surface area contributed by atoms with Gasteiger partial charge in [0.05, 0.1) is 17.2 Å². The van der Waals surface area contributed by atoms with E-state index in [1.807, 2.05) is 61.5 Å². The monoisotopic (exact) mass is 493 g/mol. The molecule has 6 nitrogen and oxygen atoms in total.